The minimum absolute atomic E-state index is 0.281. The highest BCUT2D eigenvalue weighted by Gasteiger charge is 2.12. The van der Waals surface area contributed by atoms with Crippen LogP contribution in [-0.4, -0.2) is 44.8 Å². The van der Waals surface area contributed by atoms with Crippen LogP contribution in [0.1, 0.15) is 13.8 Å². The van der Waals surface area contributed by atoms with Crippen molar-refractivity contribution in [3.63, 3.8) is 0 Å². The van der Waals surface area contributed by atoms with Crippen LogP contribution >= 0.6 is 0 Å². The second-order valence-corrected chi connectivity index (χ2v) is 3.76. The zero-order chi connectivity index (χ0) is 9.56. The van der Waals surface area contributed by atoms with E-state index < -0.39 is 0 Å². The summed E-state index contributed by atoms with van der Waals surface area (Å²) in [6.07, 6.45) is 0. The molecule has 12 heavy (non-hydrogen) atoms. The molecule has 0 aliphatic rings. The van der Waals surface area contributed by atoms with Crippen LogP contribution in [0.15, 0.2) is 0 Å². The molecular weight excluding hydrogens is 155 g/mol. The van der Waals surface area contributed by atoms with E-state index in [-0.39, 0.29) is 6.67 Å². The normalized spacial score (nSPS) is 14.2. The van der Waals surface area contributed by atoms with Crippen molar-refractivity contribution in [2.75, 3.05) is 33.9 Å². The second kappa shape index (κ2) is 6.38. The van der Waals surface area contributed by atoms with E-state index in [2.05, 4.69) is 24.1 Å². The fraction of sp³-hybridized carbons (Fsp3) is 1.00. The molecule has 2 nitrogen and oxygen atoms in total. The van der Waals surface area contributed by atoms with E-state index in [1.54, 1.807) is 0 Å². The van der Waals surface area contributed by atoms with Gasteiger partial charge < -0.3 is 10.2 Å². The summed E-state index contributed by atoms with van der Waals surface area (Å²) in [7, 11) is 4.07. The zero-order valence-corrected chi connectivity index (χ0v) is 8.60. The highest BCUT2D eigenvalue weighted by Crippen LogP contribution is 2.01. The van der Waals surface area contributed by atoms with Gasteiger partial charge in [-0.25, -0.2) is 4.39 Å². The van der Waals surface area contributed by atoms with Crippen LogP contribution in [0.3, 0.4) is 0 Å². The van der Waals surface area contributed by atoms with Gasteiger partial charge in [0.1, 0.15) is 6.67 Å². The Balaban J connectivity index is 3.70. The molecule has 0 amide bonds. The van der Waals surface area contributed by atoms with Crippen LogP contribution in [0.2, 0.25) is 0 Å². The molecule has 0 spiro atoms. The van der Waals surface area contributed by atoms with Gasteiger partial charge in [-0.3, -0.25) is 0 Å². The molecule has 0 radical (unpaired) electrons. The fourth-order valence-electron chi connectivity index (χ4n) is 1.14. The summed E-state index contributed by atoms with van der Waals surface area (Å²) in [4.78, 5) is 2.12. The molecule has 0 aromatic heterocycles. The maximum atomic E-state index is 11.9. The minimum atomic E-state index is -0.281. The van der Waals surface area contributed by atoms with E-state index in [4.69, 9.17) is 0 Å². The topological polar surface area (TPSA) is 15.3 Å². The predicted molar refractivity (Wildman–Crippen MR) is 51.2 cm³/mol. The molecule has 0 aliphatic heterocycles. The Hall–Kier alpha value is -0.150. The van der Waals surface area contributed by atoms with Gasteiger partial charge in [0.2, 0.25) is 0 Å². The first-order chi connectivity index (χ1) is 5.57. The summed E-state index contributed by atoms with van der Waals surface area (Å²) >= 11 is 0. The van der Waals surface area contributed by atoms with Gasteiger partial charge in [0, 0.05) is 19.1 Å². The lowest BCUT2D eigenvalue weighted by molar-refractivity contribution is 0.282. The molecule has 0 heterocycles. The summed E-state index contributed by atoms with van der Waals surface area (Å²) in [5.41, 5.74) is 0. The number of rotatable bonds is 6. The van der Waals surface area contributed by atoms with Gasteiger partial charge in [0.25, 0.3) is 0 Å². The summed E-state index contributed by atoms with van der Waals surface area (Å²) in [6.45, 7) is 5.46. The number of nitrogens with one attached hydrogen (secondary N) is 1. The quantitative estimate of drug-likeness (QED) is 0.652. The van der Waals surface area contributed by atoms with Gasteiger partial charge in [-0.2, -0.15) is 0 Å². The molecule has 0 aliphatic carbocycles. The molecule has 1 atom stereocenters. The lowest BCUT2D eigenvalue weighted by atomic mass is 10.0. The van der Waals surface area contributed by atoms with Crippen LogP contribution in [0.25, 0.3) is 0 Å². The fourth-order valence-corrected chi connectivity index (χ4v) is 1.14. The van der Waals surface area contributed by atoms with Gasteiger partial charge in [0.05, 0.1) is 0 Å². The molecule has 0 saturated carbocycles. The van der Waals surface area contributed by atoms with E-state index in [1.807, 2.05) is 14.1 Å². The van der Waals surface area contributed by atoms with Crippen molar-refractivity contribution >= 4 is 0 Å². The third-order valence-electron chi connectivity index (χ3n) is 1.87. The second-order valence-electron chi connectivity index (χ2n) is 3.76. The summed E-state index contributed by atoms with van der Waals surface area (Å²) in [6, 6.07) is 0.399. The van der Waals surface area contributed by atoms with Crippen LogP contribution in [-0.2, 0) is 0 Å². The van der Waals surface area contributed by atoms with Crippen molar-refractivity contribution in [2.24, 2.45) is 5.92 Å². The van der Waals surface area contributed by atoms with Crippen LogP contribution in [0.5, 0.6) is 0 Å². The van der Waals surface area contributed by atoms with E-state index in [1.165, 1.54) is 0 Å². The Morgan fingerprint density at radius 1 is 1.33 bits per heavy atom. The van der Waals surface area contributed by atoms with Gasteiger partial charge >= 0.3 is 0 Å². The van der Waals surface area contributed by atoms with Crippen molar-refractivity contribution < 1.29 is 4.39 Å². The Morgan fingerprint density at radius 3 is 2.25 bits per heavy atom. The van der Waals surface area contributed by atoms with Gasteiger partial charge in [-0.05, 0) is 20.0 Å². The molecule has 1 unspecified atom stereocenters. The smallest absolute Gasteiger partial charge is 0.102 e. The number of hydrogen-bond acceptors (Lipinski definition) is 2. The standard InChI is InChI=1S/C9H21FN2/c1-8(2)9(7-12(3)4)11-6-5-10/h8-9,11H,5-7H2,1-4H3. The monoisotopic (exact) mass is 176 g/mol. The third-order valence-corrected chi connectivity index (χ3v) is 1.87. The highest BCUT2D eigenvalue weighted by molar-refractivity contribution is 4.72. The van der Waals surface area contributed by atoms with Crippen molar-refractivity contribution in [3.05, 3.63) is 0 Å². The number of nitrogens with zero attached hydrogens (tertiary/aromatic N) is 1. The third kappa shape index (κ3) is 5.49. The lowest BCUT2D eigenvalue weighted by Crippen LogP contribution is -2.42. The maximum absolute atomic E-state index is 11.9. The maximum Gasteiger partial charge on any atom is 0.102 e. The largest absolute Gasteiger partial charge is 0.310 e. The Kier molecular flexibility index (Phi) is 6.30. The molecule has 0 rings (SSSR count). The average molecular weight is 176 g/mol. The Bertz CT molecular complexity index is 105. The number of likely N-dealkylation sites (N-methyl/N-ethyl adjacent to an activating group) is 1. The minimum Gasteiger partial charge on any atom is -0.310 e. The van der Waals surface area contributed by atoms with Gasteiger partial charge in [-0.1, -0.05) is 13.8 Å². The van der Waals surface area contributed by atoms with Gasteiger partial charge in [-0.15, -0.1) is 0 Å². The molecule has 0 fully saturated rings. The number of halogens is 1. The van der Waals surface area contributed by atoms with Crippen LogP contribution in [0, 0.1) is 5.92 Å². The SMILES string of the molecule is CC(C)C(CN(C)C)NCCF. The van der Waals surface area contributed by atoms with Crippen molar-refractivity contribution in [2.45, 2.75) is 19.9 Å². The molecule has 0 bridgehead atoms. The van der Waals surface area contributed by atoms with E-state index in [0.717, 1.165) is 6.54 Å². The summed E-state index contributed by atoms with van der Waals surface area (Å²) < 4.78 is 11.9. The average Bonchev–Trinajstić information content (AvgIpc) is 1.96. The summed E-state index contributed by atoms with van der Waals surface area (Å²) in [5.74, 6) is 0.555. The molecule has 0 saturated heterocycles. The van der Waals surface area contributed by atoms with E-state index in [0.29, 0.717) is 18.5 Å². The zero-order valence-electron chi connectivity index (χ0n) is 8.60. The molecular formula is C9H21FN2. The van der Waals surface area contributed by atoms with Crippen molar-refractivity contribution in [3.8, 4) is 0 Å². The lowest BCUT2D eigenvalue weighted by Gasteiger charge is -2.25. The highest BCUT2D eigenvalue weighted by atomic mass is 19.1. The number of alkyl halides is 1. The Morgan fingerprint density at radius 2 is 1.92 bits per heavy atom. The predicted octanol–water partition coefficient (Wildman–Crippen LogP) is 1.13. The first kappa shape index (κ1) is 11.8. The Labute approximate surface area is 75.1 Å². The molecule has 1 N–H and O–H groups in total. The summed E-state index contributed by atoms with van der Waals surface area (Å²) in [5, 5.41) is 3.18. The van der Waals surface area contributed by atoms with Crippen LogP contribution in [0.4, 0.5) is 4.39 Å². The first-order valence-electron chi connectivity index (χ1n) is 4.52. The van der Waals surface area contributed by atoms with Crippen molar-refractivity contribution in [1.82, 2.24) is 10.2 Å². The number of hydrogen-bond donors (Lipinski definition) is 1. The molecule has 0 aromatic rings. The van der Waals surface area contributed by atoms with E-state index >= 15 is 0 Å². The van der Waals surface area contributed by atoms with Crippen molar-refractivity contribution in [1.29, 1.82) is 0 Å². The molecule has 0 aromatic carbocycles. The molecule has 74 valence electrons. The van der Waals surface area contributed by atoms with E-state index in [9.17, 15) is 4.39 Å². The first-order valence-corrected chi connectivity index (χ1v) is 4.52. The van der Waals surface area contributed by atoms with Gasteiger partial charge in [0.15, 0.2) is 0 Å². The van der Waals surface area contributed by atoms with Crippen LogP contribution < -0.4 is 5.32 Å². The molecule has 3 heteroatoms.